The molecule has 0 N–H and O–H groups in total. The Labute approximate surface area is 54.0 Å². The Kier molecular flexibility index (Phi) is 3.29. The minimum Gasteiger partial charge on any atom is -0.430 e. The van der Waals surface area contributed by atoms with Gasteiger partial charge in [0, 0.05) is 0 Å². The molecule has 1 heterocycles. The molecular formula is C6H8O3. The van der Waals surface area contributed by atoms with Crippen LogP contribution in [0.3, 0.4) is 0 Å². The Balaban J connectivity index is 0.000000291. The molecule has 1 aliphatic heterocycles. The zero-order valence-corrected chi connectivity index (χ0v) is 5.16. The van der Waals surface area contributed by atoms with Gasteiger partial charge in [0.1, 0.15) is 12.7 Å². The first-order chi connectivity index (χ1) is 4.29. The maximum Gasteiger partial charge on any atom is 0.508 e. The fourth-order valence-electron chi connectivity index (χ4n) is 0.418. The quantitative estimate of drug-likeness (QED) is 0.357. The molecule has 1 aliphatic rings. The first-order valence-corrected chi connectivity index (χ1v) is 2.46. The number of terminal acetylenes is 1. The average molecular weight is 128 g/mol. The van der Waals surface area contributed by atoms with Crippen LogP contribution >= 0.6 is 0 Å². The average Bonchev–Trinajstić information content (AvgIpc) is 2.20. The van der Waals surface area contributed by atoms with E-state index in [1.165, 1.54) is 0 Å². The maximum absolute atomic E-state index is 10.0. The van der Waals surface area contributed by atoms with Crippen LogP contribution in [0.2, 0.25) is 0 Å². The smallest absolute Gasteiger partial charge is 0.430 e. The molecule has 0 aromatic heterocycles. The highest BCUT2D eigenvalue weighted by molar-refractivity contribution is 5.61. The lowest BCUT2D eigenvalue weighted by atomic mass is 10.5. The van der Waals surface area contributed by atoms with Gasteiger partial charge in [-0.25, -0.2) is 4.79 Å². The molecule has 1 saturated heterocycles. The SMILES string of the molecule is C#C.CC1COC(=O)O1. The van der Waals surface area contributed by atoms with Gasteiger partial charge < -0.3 is 9.47 Å². The van der Waals surface area contributed by atoms with Crippen LogP contribution in [0.1, 0.15) is 6.92 Å². The number of carbonyl (C=O) groups excluding carboxylic acids is 1. The second kappa shape index (κ2) is 3.79. The number of carbonyl (C=O) groups is 1. The summed E-state index contributed by atoms with van der Waals surface area (Å²) in [6.45, 7) is 2.18. The van der Waals surface area contributed by atoms with E-state index in [0.29, 0.717) is 6.61 Å². The van der Waals surface area contributed by atoms with Crippen molar-refractivity contribution in [2.75, 3.05) is 6.61 Å². The third-order valence-corrected chi connectivity index (χ3v) is 0.733. The summed E-state index contributed by atoms with van der Waals surface area (Å²) in [7, 11) is 0. The van der Waals surface area contributed by atoms with Gasteiger partial charge in [0.15, 0.2) is 0 Å². The fourth-order valence-corrected chi connectivity index (χ4v) is 0.418. The predicted molar refractivity (Wildman–Crippen MR) is 31.8 cm³/mol. The van der Waals surface area contributed by atoms with E-state index >= 15 is 0 Å². The lowest BCUT2D eigenvalue weighted by Gasteiger charge is -1.90. The summed E-state index contributed by atoms with van der Waals surface area (Å²) in [4.78, 5) is 10.0. The summed E-state index contributed by atoms with van der Waals surface area (Å²) < 4.78 is 8.90. The summed E-state index contributed by atoms with van der Waals surface area (Å²) in [6.07, 6.45) is 7.40. The van der Waals surface area contributed by atoms with E-state index in [9.17, 15) is 4.79 Å². The molecular weight excluding hydrogens is 120 g/mol. The monoisotopic (exact) mass is 128 g/mol. The van der Waals surface area contributed by atoms with E-state index in [1.807, 2.05) is 0 Å². The second-order valence-corrected chi connectivity index (χ2v) is 1.49. The van der Waals surface area contributed by atoms with Gasteiger partial charge >= 0.3 is 6.16 Å². The van der Waals surface area contributed by atoms with Gasteiger partial charge in [0.2, 0.25) is 0 Å². The van der Waals surface area contributed by atoms with Crippen molar-refractivity contribution in [2.45, 2.75) is 13.0 Å². The zero-order chi connectivity index (χ0) is 7.28. The van der Waals surface area contributed by atoms with Gasteiger partial charge in [-0.15, -0.1) is 12.8 Å². The van der Waals surface area contributed by atoms with Crippen molar-refractivity contribution in [1.29, 1.82) is 0 Å². The molecule has 3 heteroatoms. The number of hydrogen-bond donors (Lipinski definition) is 0. The standard InChI is InChI=1S/C4H6O3.C2H2/c1-3-2-6-4(5)7-3;1-2/h3H,2H2,1H3;1-2H. The Hall–Kier alpha value is -1.17. The van der Waals surface area contributed by atoms with Gasteiger partial charge in [-0.2, -0.15) is 0 Å². The second-order valence-electron chi connectivity index (χ2n) is 1.49. The molecule has 0 aromatic rings. The minimum absolute atomic E-state index is 0.0486. The van der Waals surface area contributed by atoms with Crippen molar-refractivity contribution in [3.05, 3.63) is 0 Å². The van der Waals surface area contributed by atoms with Crippen LogP contribution in [-0.4, -0.2) is 18.9 Å². The van der Waals surface area contributed by atoms with Crippen molar-refractivity contribution in [2.24, 2.45) is 0 Å². The van der Waals surface area contributed by atoms with E-state index in [0.717, 1.165) is 0 Å². The molecule has 3 nitrogen and oxygen atoms in total. The molecule has 0 spiro atoms. The molecule has 0 saturated carbocycles. The summed E-state index contributed by atoms with van der Waals surface area (Å²) in [5.74, 6) is 0. The molecule has 0 aromatic carbocycles. The summed E-state index contributed by atoms with van der Waals surface area (Å²) in [5.41, 5.74) is 0. The van der Waals surface area contributed by atoms with Crippen molar-refractivity contribution in [3.63, 3.8) is 0 Å². The first kappa shape index (κ1) is 7.83. The van der Waals surface area contributed by atoms with Crippen LogP contribution in [0.4, 0.5) is 4.79 Å². The van der Waals surface area contributed by atoms with Crippen LogP contribution in [0.15, 0.2) is 0 Å². The van der Waals surface area contributed by atoms with Gasteiger partial charge in [-0.05, 0) is 6.92 Å². The predicted octanol–water partition coefficient (Wildman–Crippen LogP) is 0.791. The number of cyclic esters (lactones) is 2. The zero-order valence-electron chi connectivity index (χ0n) is 5.16. The highest BCUT2D eigenvalue weighted by atomic mass is 16.8. The van der Waals surface area contributed by atoms with E-state index in [4.69, 9.17) is 0 Å². The van der Waals surface area contributed by atoms with E-state index in [1.54, 1.807) is 6.92 Å². The normalized spacial score (nSPS) is 23.0. The Morgan fingerprint density at radius 3 is 2.33 bits per heavy atom. The van der Waals surface area contributed by atoms with Crippen LogP contribution < -0.4 is 0 Å². The Morgan fingerprint density at radius 1 is 1.67 bits per heavy atom. The maximum atomic E-state index is 10.0. The molecule has 1 rings (SSSR count). The summed E-state index contributed by atoms with van der Waals surface area (Å²) >= 11 is 0. The third-order valence-electron chi connectivity index (χ3n) is 0.733. The summed E-state index contributed by atoms with van der Waals surface area (Å²) in [6, 6.07) is 0. The van der Waals surface area contributed by atoms with Crippen LogP contribution in [0, 0.1) is 12.8 Å². The molecule has 1 atom stereocenters. The van der Waals surface area contributed by atoms with Crippen molar-refractivity contribution in [1.82, 2.24) is 0 Å². The summed E-state index contributed by atoms with van der Waals surface area (Å²) in [5, 5.41) is 0. The fraction of sp³-hybridized carbons (Fsp3) is 0.500. The van der Waals surface area contributed by atoms with Crippen LogP contribution in [0.25, 0.3) is 0 Å². The van der Waals surface area contributed by atoms with E-state index in [-0.39, 0.29) is 6.10 Å². The first-order valence-electron chi connectivity index (χ1n) is 2.46. The van der Waals surface area contributed by atoms with Crippen molar-refractivity contribution >= 4 is 6.16 Å². The number of ether oxygens (including phenoxy) is 2. The van der Waals surface area contributed by atoms with E-state index in [2.05, 4.69) is 22.3 Å². The van der Waals surface area contributed by atoms with Gasteiger partial charge in [-0.1, -0.05) is 0 Å². The molecule has 0 aliphatic carbocycles. The lowest BCUT2D eigenvalue weighted by Crippen LogP contribution is -2.01. The minimum atomic E-state index is -0.549. The Bertz CT molecular complexity index is 117. The van der Waals surface area contributed by atoms with Gasteiger partial charge in [0.25, 0.3) is 0 Å². The van der Waals surface area contributed by atoms with Gasteiger partial charge in [-0.3, -0.25) is 0 Å². The highest BCUT2D eigenvalue weighted by Crippen LogP contribution is 2.02. The van der Waals surface area contributed by atoms with Crippen LogP contribution in [0.5, 0.6) is 0 Å². The molecule has 1 unspecified atom stereocenters. The Morgan fingerprint density at radius 2 is 2.22 bits per heavy atom. The number of hydrogen-bond acceptors (Lipinski definition) is 3. The molecule has 50 valence electrons. The van der Waals surface area contributed by atoms with Crippen LogP contribution in [-0.2, 0) is 9.47 Å². The largest absolute Gasteiger partial charge is 0.508 e. The topological polar surface area (TPSA) is 35.5 Å². The molecule has 0 bridgehead atoms. The molecule has 0 radical (unpaired) electrons. The van der Waals surface area contributed by atoms with E-state index < -0.39 is 6.16 Å². The number of rotatable bonds is 0. The van der Waals surface area contributed by atoms with Crippen molar-refractivity contribution < 1.29 is 14.3 Å². The molecule has 9 heavy (non-hydrogen) atoms. The third kappa shape index (κ3) is 2.60. The lowest BCUT2D eigenvalue weighted by molar-refractivity contribution is 0.121. The highest BCUT2D eigenvalue weighted by Gasteiger charge is 2.19. The van der Waals surface area contributed by atoms with Crippen molar-refractivity contribution in [3.8, 4) is 12.8 Å². The molecule has 1 fully saturated rings. The van der Waals surface area contributed by atoms with Gasteiger partial charge in [0.05, 0.1) is 0 Å². The molecule has 0 amide bonds.